The summed E-state index contributed by atoms with van der Waals surface area (Å²) >= 11 is 0. The van der Waals surface area contributed by atoms with Crippen molar-refractivity contribution in [3.8, 4) is 0 Å². The van der Waals surface area contributed by atoms with Crippen LogP contribution in [0.1, 0.15) is 24.5 Å². The number of rotatable bonds is 5. The third-order valence-electron chi connectivity index (χ3n) is 1.93. The maximum Gasteiger partial charge on any atom is 0.112 e. The Hall–Kier alpha value is -1.24. The molecular weight excluding hydrogens is 160 g/mol. The lowest BCUT2D eigenvalue weighted by Crippen LogP contribution is -1.88. The monoisotopic (exact) mass is 176 g/mol. The third-order valence-corrected chi connectivity index (χ3v) is 1.93. The first-order valence-corrected chi connectivity index (χ1v) is 4.67. The van der Waals surface area contributed by atoms with Crippen molar-refractivity contribution in [2.24, 2.45) is 0 Å². The molecule has 1 nitrogen and oxygen atoms in total. The standard InChI is InChI=1S/C12H16O/c1-3-5-11-6-8-12(9-7-11)10-13-4-2/h4,6-9H,2-3,5,10H2,1H3. The quantitative estimate of drug-likeness (QED) is 0.625. The van der Waals surface area contributed by atoms with E-state index >= 15 is 0 Å². The van der Waals surface area contributed by atoms with Crippen LogP contribution in [0.5, 0.6) is 0 Å². The smallest absolute Gasteiger partial charge is 0.112 e. The van der Waals surface area contributed by atoms with E-state index in [2.05, 4.69) is 37.8 Å². The molecule has 0 fully saturated rings. The molecule has 0 N–H and O–H groups in total. The van der Waals surface area contributed by atoms with Crippen molar-refractivity contribution in [3.63, 3.8) is 0 Å². The lowest BCUT2D eigenvalue weighted by atomic mass is 10.1. The van der Waals surface area contributed by atoms with Gasteiger partial charge in [0.25, 0.3) is 0 Å². The molecule has 0 aliphatic carbocycles. The van der Waals surface area contributed by atoms with Crippen molar-refractivity contribution in [3.05, 3.63) is 48.2 Å². The average Bonchev–Trinajstić information content (AvgIpc) is 2.17. The van der Waals surface area contributed by atoms with Gasteiger partial charge in [0.2, 0.25) is 0 Å². The lowest BCUT2D eigenvalue weighted by Gasteiger charge is -2.02. The number of aryl methyl sites for hydroxylation is 1. The summed E-state index contributed by atoms with van der Waals surface area (Å²) in [5, 5.41) is 0. The molecule has 70 valence electrons. The Morgan fingerprint density at radius 1 is 1.23 bits per heavy atom. The highest BCUT2D eigenvalue weighted by Crippen LogP contribution is 2.07. The summed E-state index contributed by atoms with van der Waals surface area (Å²) in [5.41, 5.74) is 2.59. The zero-order valence-corrected chi connectivity index (χ0v) is 8.12. The summed E-state index contributed by atoms with van der Waals surface area (Å²) in [7, 11) is 0. The van der Waals surface area contributed by atoms with Gasteiger partial charge in [0.05, 0.1) is 6.26 Å². The Bertz CT molecular complexity index is 248. The summed E-state index contributed by atoms with van der Waals surface area (Å²) in [4.78, 5) is 0. The van der Waals surface area contributed by atoms with Gasteiger partial charge < -0.3 is 4.74 Å². The number of hydrogen-bond acceptors (Lipinski definition) is 1. The summed E-state index contributed by atoms with van der Waals surface area (Å²) in [6, 6.07) is 8.53. The van der Waals surface area contributed by atoms with Gasteiger partial charge in [0.1, 0.15) is 6.61 Å². The highest BCUT2D eigenvalue weighted by molar-refractivity contribution is 5.22. The van der Waals surface area contributed by atoms with E-state index in [9.17, 15) is 0 Å². The van der Waals surface area contributed by atoms with Crippen molar-refractivity contribution in [2.75, 3.05) is 0 Å². The largest absolute Gasteiger partial charge is 0.497 e. The van der Waals surface area contributed by atoms with Crippen LogP contribution in [0.25, 0.3) is 0 Å². The molecule has 1 aromatic rings. The van der Waals surface area contributed by atoms with Gasteiger partial charge in [-0.25, -0.2) is 0 Å². The molecule has 0 bridgehead atoms. The minimum atomic E-state index is 0.621. The first-order valence-electron chi connectivity index (χ1n) is 4.67. The van der Waals surface area contributed by atoms with Crippen molar-refractivity contribution >= 4 is 0 Å². The molecule has 1 aromatic carbocycles. The lowest BCUT2D eigenvalue weighted by molar-refractivity contribution is 0.237. The molecule has 0 spiro atoms. The van der Waals surface area contributed by atoms with Gasteiger partial charge >= 0.3 is 0 Å². The van der Waals surface area contributed by atoms with Crippen LogP contribution in [0.3, 0.4) is 0 Å². The number of ether oxygens (including phenoxy) is 1. The van der Waals surface area contributed by atoms with Crippen molar-refractivity contribution in [1.29, 1.82) is 0 Å². The molecule has 0 aliphatic heterocycles. The van der Waals surface area contributed by atoms with Gasteiger partial charge in [0.15, 0.2) is 0 Å². The average molecular weight is 176 g/mol. The van der Waals surface area contributed by atoms with Gasteiger partial charge in [-0.3, -0.25) is 0 Å². The minimum Gasteiger partial charge on any atom is -0.497 e. The molecule has 0 saturated heterocycles. The number of hydrogen-bond donors (Lipinski definition) is 0. The van der Waals surface area contributed by atoms with Crippen molar-refractivity contribution in [2.45, 2.75) is 26.4 Å². The first kappa shape index (κ1) is 9.85. The predicted molar refractivity (Wildman–Crippen MR) is 55.4 cm³/mol. The SMILES string of the molecule is C=COCc1ccc(CCC)cc1. The Kier molecular flexibility index (Phi) is 4.10. The maximum absolute atomic E-state index is 5.08. The molecule has 0 atom stereocenters. The summed E-state index contributed by atoms with van der Waals surface area (Å²) in [6.07, 6.45) is 3.82. The van der Waals surface area contributed by atoms with E-state index in [0.29, 0.717) is 6.61 Å². The normalized spacial score (nSPS) is 9.62. The van der Waals surface area contributed by atoms with Gasteiger partial charge in [-0.15, -0.1) is 0 Å². The molecule has 0 heterocycles. The van der Waals surface area contributed by atoms with Gasteiger partial charge in [0, 0.05) is 0 Å². The van der Waals surface area contributed by atoms with E-state index in [0.717, 1.165) is 6.42 Å². The molecule has 0 amide bonds. The predicted octanol–water partition coefficient (Wildman–Crippen LogP) is 3.30. The van der Waals surface area contributed by atoms with Crippen molar-refractivity contribution < 1.29 is 4.74 Å². The van der Waals surface area contributed by atoms with Gasteiger partial charge in [-0.1, -0.05) is 44.2 Å². The van der Waals surface area contributed by atoms with Crippen LogP contribution in [0.15, 0.2) is 37.1 Å². The topological polar surface area (TPSA) is 9.23 Å². The van der Waals surface area contributed by atoms with Crippen LogP contribution in [0.4, 0.5) is 0 Å². The Labute approximate surface area is 80.0 Å². The summed E-state index contributed by atoms with van der Waals surface area (Å²) < 4.78 is 5.08. The highest BCUT2D eigenvalue weighted by Gasteiger charge is 1.93. The molecule has 0 unspecified atom stereocenters. The Balaban J connectivity index is 2.53. The van der Waals surface area contributed by atoms with Crippen LogP contribution in [-0.4, -0.2) is 0 Å². The molecule has 0 saturated carbocycles. The van der Waals surface area contributed by atoms with Gasteiger partial charge in [-0.05, 0) is 17.5 Å². The van der Waals surface area contributed by atoms with Crippen LogP contribution in [0.2, 0.25) is 0 Å². The van der Waals surface area contributed by atoms with E-state index in [-0.39, 0.29) is 0 Å². The molecular formula is C12H16O. The second-order valence-corrected chi connectivity index (χ2v) is 3.04. The zero-order valence-electron chi connectivity index (χ0n) is 8.12. The highest BCUT2D eigenvalue weighted by atomic mass is 16.5. The fourth-order valence-corrected chi connectivity index (χ4v) is 1.25. The molecule has 0 radical (unpaired) electrons. The van der Waals surface area contributed by atoms with Crippen molar-refractivity contribution in [1.82, 2.24) is 0 Å². The number of benzene rings is 1. The fourth-order valence-electron chi connectivity index (χ4n) is 1.25. The summed E-state index contributed by atoms with van der Waals surface area (Å²) in [6.45, 7) is 6.31. The maximum atomic E-state index is 5.08. The zero-order chi connectivity index (χ0) is 9.52. The Morgan fingerprint density at radius 2 is 1.85 bits per heavy atom. The Morgan fingerprint density at radius 3 is 2.38 bits per heavy atom. The molecule has 0 aliphatic rings. The van der Waals surface area contributed by atoms with Crippen LogP contribution in [0, 0.1) is 0 Å². The second-order valence-electron chi connectivity index (χ2n) is 3.04. The van der Waals surface area contributed by atoms with E-state index < -0.39 is 0 Å². The van der Waals surface area contributed by atoms with E-state index in [1.54, 1.807) is 0 Å². The molecule has 1 heteroatoms. The van der Waals surface area contributed by atoms with Crippen LogP contribution in [-0.2, 0) is 17.8 Å². The van der Waals surface area contributed by atoms with E-state index in [1.165, 1.54) is 23.8 Å². The van der Waals surface area contributed by atoms with E-state index in [1.807, 2.05) is 0 Å². The summed E-state index contributed by atoms with van der Waals surface area (Å²) in [5.74, 6) is 0. The fraction of sp³-hybridized carbons (Fsp3) is 0.333. The third kappa shape index (κ3) is 3.32. The van der Waals surface area contributed by atoms with E-state index in [4.69, 9.17) is 4.74 Å². The second kappa shape index (κ2) is 5.41. The van der Waals surface area contributed by atoms with Crippen LogP contribution >= 0.6 is 0 Å². The first-order chi connectivity index (χ1) is 6.36. The molecule has 1 rings (SSSR count). The minimum absolute atomic E-state index is 0.621. The van der Waals surface area contributed by atoms with Gasteiger partial charge in [-0.2, -0.15) is 0 Å². The van der Waals surface area contributed by atoms with Crippen LogP contribution < -0.4 is 0 Å². The molecule has 0 aromatic heterocycles. The molecule has 13 heavy (non-hydrogen) atoms.